The number of aliphatic hydroxyl groups is 1. The van der Waals surface area contributed by atoms with Crippen molar-refractivity contribution in [2.24, 2.45) is 0 Å². The van der Waals surface area contributed by atoms with Crippen molar-refractivity contribution in [3.8, 4) is 11.5 Å². The highest BCUT2D eigenvalue weighted by Gasteiger charge is 2.27. The summed E-state index contributed by atoms with van der Waals surface area (Å²) in [7, 11) is 1.60. The van der Waals surface area contributed by atoms with E-state index in [9.17, 15) is 9.90 Å². The molecular weight excluding hydrogens is 270 g/mol. The molecule has 1 aliphatic rings. The van der Waals surface area contributed by atoms with Gasteiger partial charge in [-0.2, -0.15) is 0 Å². The number of amides is 1. The van der Waals surface area contributed by atoms with Crippen molar-refractivity contribution in [1.82, 2.24) is 4.90 Å². The minimum absolute atomic E-state index is 0.0223. The van der Waals surface area contributed by atoms with Crippen LogP contribution in [0.4, 0.5) is 0 Å². The van der Waals surface area contributed by atoms with Gasteiger partial charge in [-0.05, 0) is 50.5 Å². The Morgan fingerprint density at radius 2 is 1.90 bits per heavy atom. The van der Waals surface area contributed by atoms with Crippen LogP contribution >= 0.6 is 0 Å². The van der Waals surface area contributed by atoms with E-state index in [4.69, 9.17) is 9.47 Å². The third kappa shape index (κ3) is 4.63. The number of hydrogen-bond acceptors (Lipinski definition) is 4. The molecule has 1 fully saturated rings. The fraction of sp³-hybridized carbons (Fsp3) is 0.562. The summed E-state index contributed by atoms with van der Waals surface area (Å²) in [5.41, 5.74) is -0.661. The molecule has 0 bridgehead atoms. The van der Waals surface area contributed by atoms with Crippen LogP contribution in [0.1, 0.15) is 26.2 Å². The number of hydrogen-bond donors (Lipinski definition) is 1. The SMILES string of the molecule is COc1ccc(OCC(=O)N2CCCC(C)(O)CC2)cc1. The predicted octanol–water partition coefficient (Wildman–Crippen LogP) is 1.84. The summed E-state index contributed by atoms with van der Waals surface area (Å²) in [5, 5.41) is 10.0. The zero-order chi connectivity index (χ0) is 15.3. The minimum Gasteiger partial charge on any atom is -0.497 e. The fourth-order valence-corrected chi connectivity index (χ4v) is 2.42. The van der Waals surface area contributed by atoms with E-state index in [2.05, 4.69) is 0 Å². The molecular formula is C16H23NO4. The zero-order valence-corrected chi connectivity index (χ0v) is 12.7. The van der Waals surface area contributed by atoms with Gasteiger partial charge in [0.1, 0.15) is 11.5 Å². The third-order valence-electron chi connectivity index (χ3n) is 3.84. The molecule has 1 N–H and O–H groups in total. The van der Waals surface area contributed by atoms with Crippen LogP contribution in [0.5, 0.6) is 11.5 Å². The van der Waals surface area contributed by atoms with Crippen LogP contribution in [-0.2, 0) is 4.79 Å². The average molecular weight is 293 g/mol. The van der Waals surface area contributed by atoms with Crippen molar-refractivity contribution < 1.29 is 19.4 Å². The smallest absolute Gasteiger partial charge is 0.260 e. The van der Waals surface area contributed by atoms with Crippen LogP contribution in [0.15, 0.2) is 24.3 Å². The van der Waals surface area contributed by atoms with E-state index in [0.29, 0.717) is 25.3 Å². The van der Waals surface area contributed by atoms with Gasteiger partial charge in [0.15, 0.2) is 6.61 Å². The molecule has 0 saturated carbocycles. The Hall–Kier alpha value is -1.75. The Morgan fingerprint density at radius 3 is 2.57 bits per heavy atom. The lowest BCUT2D eigenvalue weighted by Gasteiger charge is -2.22. The second-order valence-electron chi connectivity index (χ2n) is 5.70. The predicted molar refractivity (Wildman–Crippen MR) is 79.5 cm³/mol. The highest BCUT2D eigenvalue weighted by molar-refractivity contribution is 5.77. The minimum atomic E-state index is -0.661. The summed E-state index contributed by atoms with van der Waals surface area (Å²) < 4.78 is 10.6. The summed E-state index contributed by atoms with van der Waals surface area (Å²) in [6, 6.07) is 7.14. The molecule has 1 aliphatic heterocycles. The molecule has 0 aliphatic carbocycles. The Labute approximate surface area is 125 Å². The van der Waals surface area contributed by atoms with Gasteiger partial charge < -0.3 is 19.5 Å². The fourth-order valence-electron chi connectivity index (χ4n) is 2.42. The molecule has 1 saturated heterocycles. The molecule has 5 nitrogen and oxygen atoms in total. The number of methoxy groups -OCH3 is 1. The maximum atomic E-state index is 12.2. The van der Waals surface area contributed by atoms with E-state index in [0.717, 1.165) is 18.6 Å². The van der Waals surface area contributed by atoms with Crippen molar-refractivity contribution in [3.63, 3.8) is 0 Å². The highest BCUT2D eigenvalue weighted by Crippen LogP contribution is 2.22. The maximum absolute atomic E-state index is 12.2. The Balaban J connectivity index is 1.83. The summed E-state index contributed by atoms with van der Waals surface area (Å²) in [5.74, 6) is 1.36. The number of carbonyl (C=O) groups excluding carboxylic acids is 1. The van der Waals surface area contributed by atoms with Crippen LogP contribution < -0.4 is 9.47 Å². The van der Waals surface area contributed by atoms with Gasteiger partial charge in [-0.3, -0.25) is 4.79 Å². The molecule has 1 amide bonds. The molecule has 1 atom stereocenters. The van der Waals surface area contributed by atoms with E-state index in [-0.39, 0.29) is 12.5 Å². The van der Waals surface area contributed by atoms with Crippen LogP contribution in [0.25, 0.3) is 0 Å². The first-order chi connectivity index (χ1) is 10.00. The second kappa shape index (κ2) is 6.80. The van der Waals surface area contributed by atoms with Crippen molar-refractivity contribution in [1.29, 1.82) is 0 Å². The van der Waals surface area contributed by atoms with Gasteiger partial charge in [-0.25, -0.2) is 0 Å². The summed E-state index contributed by atoms with van der Waals surface area (Å²) >= 11 is 0. The Kier molecular flexibility index (Phi) is 5.07. The van der Waals surface area contributed by atoms with Crippen molar-refractivity contribution in [3.05, 3.63) is 24.3 Å². The van der Waals surface area contributed by atoms with E-state index in [1.54, 1.807) is 36.3 Å². The van der Waals surface area contributed by atoms with E-state index in [1.165, 1.54) is 0 Å². The van der Waals surface area contributed by atoms with Gasteiger partial charge in [-0.15, -0.1) is 0 Å². The van der Waals surface area contributed by atoms with Gasteiger partial charge in [0, 0.05) is 13.1 Å². The van der Waals surface area contributed by atoms with Crippen molar-refractivity contribution in [2.45, 2.75) is 31.8 Å². The van der Waals surface area contributed by atoms with E-state index in [1.807, 2.05) is 6.92 Å². The first kappa shape index (κ1) is 15.6. The van der Waals surface area contributed by atoms with Gasteiger partial charge >= 0.3 is 0 Å². The van der Waals surface area contributed by atoms with Gasteiger partial charge in [0.2, 0.25) is 0 Å². The van der Waals surface area contributed by atoms with Crippen LogP contribution in [0, 0.1) is 0 Å². The normalized spacial score (nSPS) is 22.5. The second-order valence-corrected chi connectivity index (χ2v) is 5.70. The Bertz CT molecular complexity index is 470. The first-order valence-electron chi connectivity index (χ1n) is 7.27. The molecule has 0 radical (unpaired) electrons. The number of rotatable bonds is 4. The van der Waals surface area contributed by atoms with Crippen molar-refractivity contribution in [2.75, 3.05) is 26.8 Å². The average Bonchev–Trinajstić information content (AvgIpc) is 2.66. The molecule has 5 heteroatoms. The highest BCUT2D eigenvalue weighted by atomic mass is 16.5. The van der Waals surface area contributed by atoms with Crippen molar-refractivity contribution >= 4 is 5.91 Å². The van der Waals surface area contributed by atoms with E-state index < -0.39 is 5.60 Å². The number of nitrogens with zero attached hydrogens (tertiary/aromatic N) is 1. The molecule has 1 aromatic carbocycles. The number of likely N-dealkylation sites (tertiary alicyclic amines) is 1. The number of benzene rings is 1. The molecule has 0 spiro atoms. The number of ether oxygens (including phenoxy) is 2. The summed E-state index contributed by atoms with van der Waals surface area (Å²) in [6.07, 6.45) is 2.17. The monoisotopic (exact) mass is 293 g/mol. The van der Waals surface area contributed by atoms with Crippen LogP contribution in [0.3, 0.4) is 0 Å². The number of carbonyl (C=O) groups is 1. The summed E-state index contributed by atoms with van der Waals surface area (Å²) in [4.78, 5) is 13.9. The third-order valence-corrected chi connectivity index (χ3v) is 3.84. The maximum Gasteiger partial charge on any atom is 0.260 e. The lowest BCUT2D eigenvalue weighted by molar-refractivity contribution is -0.133. The van der Waals surface area contributed by atoms with Crippen LogP contribution in [-0.4, -0.2) is 48.3 Å². The molecule has 0 aromatic heterocycles. The zero-order valence-electron chi connectivity index (χ0n) is 12.7. The molecule has 2 rings (SSSR count). The standard InChI is InChI=1S/C16H23NO4/c1-16(19)8-3-10-17(11-9-16)15(18)12-21-14-6-4-13(20-2)5-7-14/h4-7,19H,3,8-12H2,1-2H3. The molecule has 116 valence electrons. The van der Waals surface area contributed by atoms with E-state index >= 15 is 0 Å². The first-order valence-corrected chi connectivity index (χ1v) is 7.27. The Morgan fingerprint density at radius 1 is 1.24 bits per heavy atom. The molecule has 1 heterocycles. The lowest BCUT2D eigenvalue weighted by Crippen LogP contribution is -2.36. The van der Waals surface area contributed by atoms with Crippen LogP contribution in [0.2, 0.25) is 0 Å². The van der Waals surface area contributed by atoms with Gasteiger partial charge in [0.05, 0.1) is 12.7 Å². The van der Waals surface area contributed by atoms with Gasteiger partial charge in [-0.1, -0.05) is 0 Å². The largest absolute Gasteiger partial charge is 0.497 e. The topological polar surface area (TPSA) is 59.0 Å². The summed E-state index contributed by atoms with van der Waals surface area (Å²) in [6.45, 7) is 3.11. The van der Waals surface area contributed by atoms with Gasteiger partial charge in [0.25, 0.3) is 5.91 Å². The molecule has 1 unspecified atom stereocenters. The molecule has 21 heavy (non-hydrogen) atoms. The molecule has 1 aromatic rings. The quantitative estimate of drug-likeness (QED) is 0.920. The lowest BCUT2D eigenvalue weighted by atomic mass is 9.98.